The number of hydrogen-bond donors (Lipinski definition) is 1. The van der Waals surface area contributed by atoms with Crippen LogP contribution in [0.15, 0.2) is 36.7 Å². The lowest BCUT2D eigenvalue weighted by Crippen LogP contribution is -2.44. The third-order valence-corrected chi connectivity index (χ3v) is 6.87. The van der Waals surface area contributed by atoms with E-state index in [1.165, 1.54) is 37.0 Å². The molecule has 2 heterocycles. The number of aromatic nitrogens is 1. The molecule has 0 radical (unpaired) electrons. The normalized spacial score (nSPS) is 19.1. The molecule has 1 N–H and O–H groups in total. The van der Waals surface area contributed by atoms with Crippen molar-refractivity contribution in [1.82, 2.24) is 10.3 Å². The van der Waals surface area contributed by atoms with Gasteiger partial charge in [0.2, 0.25) is 5.91 Å². The Bertz CT molecular complexity index is 735. The molecule has 26 heavy (non-hydrogen) atoms. The zero-order chi connectivity index (χ0) is 17.9. The summed E-state index contributed by atoms with van der Waals surface area (Å²) in [5.41, 5.74) is 0.949. The van der Waals surface area contributed by atoms with Crippen LogP contribution in [0.4, 0.5) is 5.00 Å². The van der Waals surface area contributed by atoms with Gasteiger partial charge in [0, 0.05) is 35.9 Å². The molecule has 4 nitrogen and oxygen atoms in total. The lowest BCUT2D eigenvalue weighted by atomic mass is 9.95. The molecule has 2 saturated carbocycles. The van der Waals surface area contributed by atoms with Gasteiger partial charge in [0.1, 0.15) is 6.04 Å². The van der Waals surface area contributed by atoms with Crippen molar-refractivity contribution in [3.63, 3.8) is 0 Å². The molecule has 5 heteroatoms. The quantitative estimate of drug-likeness (QED) is 0.806. The lowest BCUT2D eigenvalue weighted by Gasteiger charge is -2.31. The fraction of sp³-hybridized carbons (Fsp3) is 0.524. The molecule has 1 amide bonds. The largest absolute Gasteiger partial charge is 0.351 e. The molecule has 0 aromatic carbocycles. The van der Waals surface area contributed by atoms with E-state index in [2.05, 4.69) is 27.3 Å². The number of pyridine rings is 1. The van der Waals surface area contributed by atoms with Crippen LogP contribution >= 0.6 is 11.3 Å². The first-order valence-corrected chi connectivity index (χ1v) is 10.6. The number of likely N-dealkylation sites (N-methyl/N-ethyl adjacent to an activating group) is 1. The van der Waals surface area contributed by atoms with E-state index in [1.54, 1.807) is 6.20 Å². The van der Waals surface area contributed by atoms with E-state index in [4.69, 9.17) is 0 Å². The van der Waals surface area contributed by atoms with Crippen LogP contribution in [0.1, 0.15) is 67.3 Å². The van der Waals surface area contributed by atoms with Gasteiger partial charge in [-0.1, -0.05) is 25.3 Å². The molecule has 1 unspecified atom stereocenters. The lowest BCUT2D eigenvalue weighted by molar-refractivity contribution is -0.123. The Balaban J connectivity index is 1.56. The van der Waals surface area contributed by atoms with Crippen molar-refractivity contribution in [2.24, 2.45) is 0 Å². The average Bonchev–Trinajstić information content (AvgIpc) is 3.40. The highest BCUT2D eigenvalue weighted by molar-refractivity contribution is 7.16. The molecule has 2 aliphatic rings. The summed E-state index contributed by atoms with van der Waals surface area (Å²) in [4.78, 5) is 21.0. The topological polar surface area (TPSA) is 45.2 Å². The van der Waals surface area contributed by atoms with E-state index in [-0.39, 0.29) is 11.9 Å². The van der Waals surface area contributed by atoms with Crippen molar-refractivity contribution < 1.29 is 4.79 Å². The summed E-state index contributed by atoms with van der Waals surface area (Å²) in [5, 5.41) is 4.46. The Kier molecular flexibility index (Phi) is 5.25. The van der Waals surface area contributed by atoms with Gasteiger partial charge < -0.3 is 10.2 Å². The predicted molar refractivity (Wildman–Crippen MR) is 107 cm³/mol. The Morgan fingerprint density at radius 3 is 2.69 bits per heavy atom. The highest BCUT2D eigenvalue weighted by atomic mass is 32.1. The Morgan fingerprint density at radius 2 is 2.00 bits per heavy atom. The first-order chi connectivity index (χ1) is 12.7. The number of anilines is 1. The molecule has 1 atom stereocenters. The third kappa shape index (κ3) is 3.93. The molecule has 0 bridgehead atoms. The molecule has 2 fully saturated rings. The first kappa shape index (κ1) is 17.5. The van der Waals surface area contributed by atoms with Crippen LogP contribution in [0.2, 0.25) is 0 Å². The van der Waals surface area contributed by atoms with E-state index < -0.39 is 0 Å². The van der Waals surface area contributed by atoms with Crippen molar-refractivity contribution in [2.45, 2.75) is 62.9 Å². The van der Waals surface area contributed by atoms with Gasteiger partial charge in [0.25, 0.3) is 0 Å². The molecule has 2 aromatic rings. The van der Waals surface area contributed by atoms with Crippen LogP contribution in [-0.2, 0) is 4.79 Å². The summed E-state index contributed by atoms with van der Waals surface area (Å²) >= 11 is 1.82. The molecular formula is C21H27N3OS. The van der Waals surface area contributed by atoms with Crippen molar-refractivity contribution in [2.75, 3.05) is 11.9 Å². The third-order valence-electron chi connectivity index (χ3n) is 5.53. The van der Waals surface area contributed by atoms with Gasteiger partial charge in [0.05, 0.1) is 5.00 Å². The van der Waals surface area contributed by atoms with Gasteiger partial charge in [-0.2, -0.15) is 0 Å². The fourth-order valence-electron chi connectivity index (χ4n) is 3.86. The van der Waals surface area contributed by atoms with Crippen LogP contribution in [0.5, 0.6) is 0 Å². The maximum absolute atomic E-state index is 13.2. The van der Waals surface area contributed by atoms with Gasteiger partial charge >= 0.3 is 0 Å². The summed E-state index contributed by atoms with van der Waals surface area (Å²) < 4.78 is 0. The van der Waals surface area contributed by atoms with Crippen molar-refractivity contribution >= 4 is 22.2 Å². The van der Waals surface area contributed by atoms with Gasteiger partial charge in [-0.15, -0.1) is 11.3 Å². The van der Waals surface area contributed by atoms with Gasteiger partial charge in [0.15, 0.2) is 0 Å². The van der Waals surface area contributed by atoms with Gasteiger partial charge in [-0.25, -0.2) is 0 Å². The van der Waals surface area contributed by atoms with Crippen LogP contribution in [-0.4, -0.2) is 24.0 Å². The van der Waals surface area contributed by atoms with Crippen molar-refractivity contribution in [1.29, 1.82) is 0 Å². The molecule has 0 aliphatic heterocycles. The van der Waals surface area contributed by atoms with Crippen molar-refractivity contribution in [3.05, 3.63) is 47.1 Å². The van der Waals surface area contributed by atoms with Crippen molar-refractivity contribution in [3.8, 4) is 0 Å². The zero-order valence-corrected chi connectivity index (χ0v) is 16.2. The first-order valence-electron chi connectivity index (χ1n) is 9.75. The Labute approximate surface area is 159 Å². The molecule has 2 aromatic heterocycles. The summed E-state index contributed by atoms with van der Waals surface area (Å²) in [6.07, 6.45) is 12.1. The van der Waals surface area contributed by atoms with Crippen LogP contribution in [0.25, 0.3) is 0 Å². The van der Waals surface area contributed by atoms with E-state index in [9.17, 15) is 4.79 Å². The number of amides is 1. The molecular weight excluding hydrogens is 342 g/mol. The monoisotopic (exact) mass is 369 g/mol. The predicted octanol–water partition coefficient (Wildman–Crippen LogP) is 4.65. The number of thiophene rings is 1. The zero-order valence-electron chi connectivity index (χ0n) is 15.4. The fourth-order valence-corrected chi connectivity index (χ4v) is 5.03. The summed E-state index contributed by atoms with van der Waals surface area (Å²) in [5.74, 6) is 0.837. The van der Waals surface area contributed by atoms with Gasteiger partial charge in [-0.3, -0.25) is 9.78 Å². The molecule has 2 aliphatic carbocycles. The smallest absolute Gasteiger partial charge is 0.247 e. The second kappa shape index (κ2) is 7.78. The minimum atomic E-state index is -0.337. The molecule has 0 saturated heterocycles. The Morgan fingerprint density at radius 1 is 1.19 bits per heavy atom. The van der Waals surface area contributed by atoms with Crippen LogP contribution in [0.3, 0.4) is 0 Å². The average molecular weight is 370 g/mol. The van der Waals surface area contributed by atoms with Crippen LogP contribution in [0, 0.1) is 0 Å². The maximum Gasteiger partial charge on any atom is 0.247 e. The van der Waals surface area contributed by atoms with Gasteiger partial charge in [-0.05, 0) is 49.8 Å². The van der Waals surface area contributed by atoms with E-state index in [1.807, 2.05) is 36.7 Å². The second-order valence-corrected chi connectivity index (χ2v) is 8.69. The number of carbonyl (C=O) groups is 1. The Hall–Kier alpha value is -1.88. The number of hydrogen-bond acceptors (Lipinski definition) is 4. The highest BCUT2D eigenvalue weighted by Gasteiger charge is 2.30. The minimum Gasteiger partial charge on any atom is -0.351 e. The van der Waals surface area contributed by atoms with E-state index in [0.29, 0.717) is 6.04 Å². The highest BCUT2D eigenvalue weighted by Crippen LogP contribution is 2.45. The summed E-state index contributed by atoms with van der Waals surface area (Å²) in [6, 6.07) is 8.28. The summed E-state index contributed by atoms with van der Waals surface area (Å²) in [7, 11) is 2.03. The number of carbonyl (C=O) groups excluding carboxylic acids is 1. The van der Waals surface area contributed by atoms with E-state index in [0.717, 1.165) is 29.3 Å². The number of nitrogens with one attached hydrogen (secondary N) is 1. The van der Waals surface area contributed by atoms with E-state index >= 15 is 0 Å². The molecule has 4 rings (SSSR count). The molecule has 0 spiro atoms. The minimum absolute atomic E-state index is 0.0915. The molecule has 138 valence electrons. The standard InChI is InChI=1S/C21H27N3OS/c1-24(19-12-11-18(26-19)15-9-10-15)20(16-6-5-13-22-14-16)21(25)23-17-7-3-2-4-8-17/h5-6,11-15,17,20H,2-4,7-10H2,1H3,(H,23,25). The second-order valence-electron chi connectivity index (χ2n) is 7.59. The SMILES string of the molecule is CN(c1ccc(C2CC2)s1)C(C(=O)NC1CCCCC1)c1cccnc1. The number of nitrogens with zero attached hydrogens (tertiary/aromatic N) is 2. The maximum atomic E-state index is 13.2. The van der Waals surface area contributed by atoms with Crippen LogP contribution < -0.4 is 10.2 Å². The summed E-state index contributed by atoms with van der Waals surface area (Å²) in [6.45, 7) is 0. The number of rotatable bonds is 6.